The molecule has 1 aliphatic rings. The van der Waals surface area contributed by atoms with Crippen LogP contribution in [0.2, 0.25) is 0 Å². The molecule has 0 aliphatic carbocycles. The average Bonchev–Trinajstić information content (AvgIpc) is 3.41. The van der Waals surface area contributed by atoms with Crippen LogP contribution < -0.4 is 0 Å². The highest BCUT2D eigenvalue weighted by molar-refractivity contribution is 6.07. The molecule has 198 valence electrons. The third-order valence-electron chi connectivity index (χ3n) is 7.57. The molecule has 7 heteroatoms. The van der Waals surface area contributed by atoms with Crippen molar-refractivity contribution in [3.63, 3.8) is 0 Å². The summed E-state index contributed by atoms with van der Waals surface area (Å²) >= 11 is 0. The van der Waals surface area contributed by atoms with Gasteiger partial charge in [0.15, 0.2) is 0 Å². The standard InChI is InChI=1S/C32H33N5O2/c1-2-3-9-27-22-35(32(39)30-11-6-8-26-7-4-5-10-29(26)30)16-17-37(27)31(38)18-28-20-34-23-36(28)21-25-14-12-24(19-33)13-15-25/h4-8,10-15,20,23,27H,2-3,9,16-18,21-22H2,1H3. The van der Waals surface area contributed by atoms with Gasteiger partial charge in [-0.15, -0.1) is 0 Å². The molecule has 1 aliphatic heterocycles. The number of nitrogens with zero attached hydrogens (tertiary/aromatic N) is 5. The minimum atomic E-state index is -0.0139. The molecule has 1 unspecified atom stereocenters. The van der Waals surface area contributed by atoms with E-state index < -0.39 is 0 Å². The van der Waals surface area contributed by atoms with Gasteiger partial charge < -0.3 is 14.4 Å². The molecule has 0 spiro atoms. The highest BCUT2D eigenvalue weighted by Crippen LogP contribution is 2.23. The van der Waals surface area contributed by atoms with Crippen LogP contribution in [0.3, 0.4) is 0 Å². The predicted octanol–water partition coefficient (Wildman–Crippen LogP) is 5.04. The number of aromatic nitrogens is 2. The molecule has 2 amide bonds. The van der Waals surface area contributed by atoms with Crippen LogP contribution in [0.25, 0.3) is 10.8 Å². The summed E-state index contributed by atoms with van der Waals surface area (Å²) in [4.78, 5) is 35.4. The predicted molar refractivity (Wildman–Crippen MR) is 151 cm³/mol. The molecule has 4 aromatic rings. The number of unbranched alkanes of at least 4 members (excludes halogenated alkanes) is 1. The topological polar surface area (TPSA) is 82.2 Å². The smallest absolute Gasteiger partial charge is 0.254 e. The highest BCUT2D eigenvalue weighted by Gasteiger charge is 2.33. The number of piperazine rings is 1. The van der Waals surface area contributed by atoms with Gasteiger partial charge in [0, 0.05) is 49.7 Å². The van der Waals surface area contributed by atoms with Crippen molar-refractivity contribution >= 4 is 22.6 Å². The zero-order valence-corrected chi connectivity index (χ0v) is 22.3. The van der Waals surface area contributed by atoms with Gasteiger partial charge in [0.2, 0.25) is 5.91 Å². The average molecular weight is 520 g/mol. The molecule has 7 nitrogen and oxygen atoms in total. The van der Waals surface area contributed by atoms with Crippen LogP contribution in [-0.2, 0) is 17.8 Å². The van der Waals surface area contributed by atoms with Gasteiger partial charge in [0.05, 0.1) is 24.4 Å². The van der Waals surface area contributed by atoms with Crippen LogP contribution >= 0.6 is 0 Å². The zero-order chi connectivity index (χ0) is 27.2. The SMILES string of the molecule is CCCCC1CN(C(=O)c2cccc3ccccc23)CCN1C(=O)Cc1cncn1Cc1ccc(C#N)cc1. The van der Waals surface area contributed by atoms with Gasteiger partial charge in [-0.05, 0) is 41.0 Å². The number of imidazole rings is 1. The van der Waals surface area contributed by atoms with E-state index in [2.05, 4.69) is 18.0 Å². The van der Waals surface area contributed by atoms with Gasteiger partial charge in [-0.25, -0.2) is 4.98 Å². The number of carbonyl (C=O) groups excluding carboxylic acids is 2. The third kappa shape index (κ3) is 5.85. The van der Waals surface area contributed by atoms with Gasteiger partial charge in [-0.3, -0.25) is 9.59 Å². The first-order valence-electron chi connectivity index (χ1n) is 13.6. The third-order valence-corrected chi connectivity index (χ3v) is 7.57. The summed E-state index contributed by atoms with van der Waals surface area (Å²) in [5.74, 6) is 0.0934. The molecule has 3 aromatic carbocycles. The molecular formula is C32H33N5O2. The first-order valence-corrected chi connectivity index (χ1v) is 13.6. The maximum absolute atomic E-state index is 13.6. The second-order valence-corrected chi connectivity index (χ2v) is 10.2. The van der Waals surface area contributed by atoms with Gasteiger partial charge in [0.25, 0.3) is 5.91 Å². The van der Waals surface area contributed by atoms with E-state index in [4.69, 9.17) is 5.26 Å². The van der Waals surface area contributed by atoms with E-state index in [0.717, 1.165) is 41.3 Å². The summed E-state index contributed by atoms with van der Waals surface area (Å²) in [6.07, 6.45) is 6.66. The van der Waals surface area contributed by atoms with Crippen LogP contribution in [-0.4, -0.2) is 56.8 Å². The molecule has 1 fully saturated rings. The maximum atomic E-state index is 13.6. The fraction of sp³-hybridized carbons (Fsp3) is 0.312. The highest BCUT2D eigenvalue weighted by atomic mass is 16.2. The second-order valence-electron chi connectivity index (χ2n) is 10.2. The Labute approximate surface area is 229 Å². The number of carbonyl (C=O) groups is 2. The van der Waals surface area contributed by atoms with Crippen LogP contribution in [0.5, 0.6) is 0 Å². The summed E-state index contributed by atoms with van der Waals surface area (Å²) in [5, 5.41) is 11.1. The van der Waals surface area contributed by atoms with E-state index in [-0.39, 0.29) is 24.3 Å². The van der Waals surface area contributed by atoms with Crippen LogP contribution in [0, 0.1) is 11.3 Å². The Morgan fingerprint density at radius 3 is 2.62 bits per heavy atom. The van der Waals surface area contributed by atoms with Gasteiger partial charge in [-0.2, -0.15) is 5.26 Å². The summed E-state index contributed by atoms with van der Waals surface area (Å²) < 4.78 is 1.99. The number of hydrogen-bond donors (Lipinski definition) is 0. The summed E-state index contributed by atoms with van der Waals surface area (Å²) in [6.45, 7) is 4.31. The quantitative estimate of drug-likeness (QED) is 0.327. The van der Waals surface area contributed by atoms with Crippen LogP contribution in [0.1, 0.15) is 53.4 Å². The summed E-state index contributed by atoms with van der Waals surface area (Å²) in [5.41, 5.74) is 3.24. The molecule has 5 rings (SSSR count). The fourth-order valence-electron chi connectivity index (χ4n) is 5.41. The van der Waals surface area contributed by atoms with E-state index in [1.807, 2.05) is 69.0 Å². The molecule has 39 heavy (non-hydrogen) atoms. The Hall–Kier alpha value is -4.44. The van der Waals surface area contributed by atoms with Crippen molar-refractivity contribution in [1.29, 1.82) is 5.26 Å². The van der Waals surface area contributed by atoms with E-state index in [1.165, 1.54) is 0 Å². The lowest BCUT2D eigenvalue weighted by atomic mass is 10.0. The fourth-order valence-corrected chi connectivity index (χ4v) is 5.41. The van der Waals surface area contributed by atoms with Crippen molar-refractivity contribution in [2.24, 2.45) is 0 Å². The Bertz CT molecular complexity index is 1500. The molecule has 1 aromatic heterocycles. The van der Waals surface area contributed by atoms with Gasteiger partial charge in [0.1, 0.15) is 0 Å². The van der Waals surface area contributed by atoms with E-state index in [9.17, 15) is 9.59 Å². The maximum Gasteiger partial charge on any atom is 0.254 e. The number of nitriles is 1. The minimum absolute atomic E-state index is 0.0139. The van der Waals surface area contributed by atoms with Crippen molar-refractivity contribution in [1.82, 2.24) is 19.4 Å². The van der Waals surface area contributed by atoms with Crippen molar-refractivity contribution in [3.8, 4) is 6.07 Å². The molecule has 0 bridgehead atoms. The van der Waals surface area contributed by atoms with Crippen molar-refractivity contribution in [3.05, 3.63) is 102 Å². The lowest BCUT2D eigenvalue weighted by Gasteiger charge is -2.42. The first-order chi connectivity index (χ1) is 19.1. The van der Waals surface area contributed by atoms with Crippen LogP contribution in [0.15, 0.2) is 79.3 Å². The monoisotopic (exact) mass is 519 g/mol. The lowest BCUT2D eigenvalue weighted by molar-refractivity contribution is -0.135. The van der Waals surface area contributed by atoms with Gasteiger partial charge >= 0.3 is 0 Å². The number of benzene rings is 3. The Morgan fingerprint density at radius 1 is 1.03 bits per heavy atom. The van der Waals surface area contributed by atoms with Crippen molar-refractivity contribution in [2.75, 3.05) is 19.6 Å². The van der Waals surface area contributed by atoms with Crippen LogP contribution in [0.4, 0.5) is 0 Å². The number of rotatable bonds is 8. The summed E-state index contributed by atoms with van der Waals surface area (Å²) in [6, 6.07) is 23.4. The zero-order valence-electron chi connectivity index (χ0n) is 22.3. The molecule has 2 heterocycles. The summed E-state index contributed by atoms with van der Waals surface area (Å²) in [7, 11) is 0. The molecular weight excluding hydrogens is 486 g/mol. The molecule has 0 radical (unpaired) electrons. The van der Waals surface area contributed by atoms with Crippen molar-refractivity contribution < 1.29 is 9.59 Å². The van der Waals surface area contributed by atoms with Gasteiger partial charge in [-0.1, -0.05) is 68.3 Å². The Morgan fingerprint density at radius 2 is 1.82 bits per heavy atom. The molecule has 1 saturated heterocycles. The largest absolute Gasteiger partial charge is 0.336 e. The molecule has 0 saturated carbocycles. The Balaban J connectivity index is 1.29. The second kappa shape index (κ2) is 12.0. The number of amides is 2. The first kappa shape index (κ1) is 26.2. The van der Waals surface area contributed by atoms with E-state index in [0.29, 0.717) is 37.3 Å². The lowest BCUT2D eigenvalue weighted by Crippen LogP contribution is -2.57. The Kier molecular flexibility index (Phi) is 8.02. The number of fused-ring (bicyclic) bond motifs is 1. The molecule has 0 N–H and O–H groups in total. The number of hydrogen-bond acceptors (Lipinski definition) is 4. The molecule has 1 atom stereocenters. The minimum Gasteiger partial charge on any atom is -0.336 e. The van der Waals surface area contributed by atoms with E-state index in [1.54, 1.807) is 24.7 Å². The van der Waals surface area contributed by atoms with Crippen molar-refractivity contribution in [2.45, 2.75) is 45.2 Å². The van der Waals surface area contributed by atoms with E-state index >= 15 is 0 Å². The normalized spacial score (nSPS) is 15.3.